The van der Waals surface area contributed by atoms with Crippen LogP contribution in [0, 0.1) is 6.92 Å². The van der Waals surface area contributed by atoms with Gasteiger partial charge in [0.25, 0.3) is 0 Å². The number of rotatable bonds is 6. The van der Waals surface area contributed by atoms with E-state index in [4.69, 9.17) is 0 Å². The molecule has 0 spiro atoms. The summed E-state index contributed by atoms with van der Waals surface area (Å²) >= 11 is 1.36. The van der Waals surface area contributed by atoms with Gasteiger partial charge in [0.2, 0.25) is 16.0 Å². The molecule has 0 radical (unpaired) electrons. The molecular weight excluding hydrogens is 498 g/mol. The number of hydrogen-bond acceptors (Lipinski definition) is 8. The third-order valence-electron chi connectivity index (χ3n) is 5.26. The van der Waals surface area contributed by atoms with Crippen LogP contribution in [-0.2, 0) is 10.0 Å². The first-order chi connectivity index (χ1) is 17.0. The smallest absolute Gasteiger partial charge is 0.321 e. The van der Waals surface area contributed by atoms with Crippen molar-refractivity contribution in [1.29, 1.82) is 0 Å². The highest BCUT2D eigenvalue weighted by Crippen LogP contribution is 2.38. The fraction of sp³-hybridized carbons (Fsp3) is 0.292. The van der Waals surface area contributed by atoms with Gasteiger partial charge in [-0.15, -0.1) is 0 Å². The Kier molecular flexibility index (Phi) is 6.92. The Hall–Kier alpha value is -3.64. The predicted molar refractivity (Wildman–Crippen MR) is 144 cm³/mol. The number of fused-ring (bicyclic) bond motifs is 1. The van der Waals surface area contributed by atoms with Crippen LogP contribution in [0.25, 0.3) is 32.6 Å². The van der Waals surface area contributed by atoms with Crippen LogP contribution >= 0.6 is 11.3 Å². The summed E-state index contributed by atoms with van der Waals surface area (Å²) in [6, 6.07) is 7.43. The first-order valence-corrected chi connectivity index (χ1v) is 13.5. The zero-order chi connectivity index (χ0) is 26.1. The van der Waals surface area contributed by atoms with Crippen LogP contribution in [-0.4, -0.2) is 45.7 Å². The maximum Gasteiger partial charge on any atom is 0.321 e. The monoisotopic (exact) mass is 525 g/mol. The Labute approximate surface area is 213 Å². The predicted octanol–water partition coefficient (Wildman–Crippen LogP) is 4.81. The molecule has 0 atom stereocenters. The van der Waals surface area contributed by atoms with Crippen LogP contribution in [0.5, 0.6) is 0 Å². The zero-order valence-corrected chi connectivity index (χ0v) is 22.2. The Morgan fingerprint density at radius 3 is 2.42 bits per heavy atom. The third-order valence-corrected chi connectivity index (χ3v) is 8.34. The van der Waals surface area contributed by atoms with Gasteiger partial charge in [0, 0.05) is 36.3 Å². The lowest BCUT2D eigenvalue weighted by Gasteiger charge is -2.19. The maximum absolute atomic E-state index is 12.4. The molecule has 0 aliphatic rings. The molecule has 0 saturated heterocycles. The molecule has 4 aromatic rings. The largest absolute Gasteiger partial charge is 0.338 e. The first kappa shape index (κ1) is 25.5. The van der Waals surface area contributed by atoms with E-state index in [0.717, 1.165) is 27.1 Å². The first-order valence-electron chi connectivity index (χ1n) is 11.2. The van der Waals surface area contributed by atoms with E-state index in [0.29, 0.717) is 22.8 Å². The standard InChI is InChI=1S/C24H27N7O3S2/c1-6-25-22(32)30-23-29-19-11-15(10-17(20(19)35-23)18-9-14(2)7-8-26-18)16-12-27-21(28-13-16)31-36(33,34)24(3,4)5/h7-13H,6H2,1-5H3,(H,27,28,31)(H2,25,29,30,32). The number of urea groups is 1. The third kappa shape index (κ3) is 5.44. The molecule has 0 fully saturated rings. The summed E-state index contributed by atoms with van der Waals surface area (Å²) < 4.78 is 27.2. The van der Waals surface area contributed by atoms with Gasteiger partial charge < -0.3 is 5.32 Å². The number of nitrogens with one attached hydrogen (secondary N) is 3. The van der Waals surface area contributed by atoms with Gasteiger partial charge >= 0.3 is 6.03 Å². The summed E-state index contributed by atoms with van der Waals surface area (Å²) in [5, 5.41) is 5.93. The number of benzene rings is 1. The van der Waals surface area contributed by atoms with E-state index in [1.54, 1.807) is 39.4 Å². The lowest BCUT2D eigenvalue weighted by Crippen LogP contribution is -2.34. The topological polar surface area (TPSA) is 139 Å². The Morgan fingerprint density at radius 2 is 1.78 bits per heavy atom. The van der Waals surface area contributed by atoms with Gasteiger partial charge in [0.15, 0.2) is 5.13 Å². The van der Waals surface area contributed by atoms with E-state index >= 15 is 0 Å². The number of nitrogens with zero attached hydrogens (tertiary/aromatic N) is 4. The van der Waals surface area contributed by atoms with Crippen molar-refractivity contribution in [1.82, 2.24) is 25.3 Å². The summed E-state index contributed by atoms with van der Waals surface area (Å²) in [5.74, 6) is -0.00240. The number of pyridine rings is 1. The number of anilines is 2. The number of hydrogen-bond donors (Lipinski definition) is 3. The van der Waals surface area contributed by atoms with Gasteiger partial charge in [-0.1, -0.05) is 11.3 Å². The van der Waals surface area contributed by atoms with Gasteiger partial charge in [0.05, 0.1) is 20.7 Å². The van der Waals surface area contributed by atoms with Gasteiger partial charge in [-0.2, -0.15) is 0 Å². The fourth-order valence-corrected chi connectivity index (χ4v) is 4.85. The average Bonchev–Trinajstić information content (AvgIpc) is 3.20. The Balaban J connectivity index is 1.77. The molecule has 2 amide bonds. The van der Waals surface area contributed by atoms with Crippen LogP contribution in [0.1, 0.15) is 33.3 Å². The van der Waals surface area contributed by atoms with Gasteiger partial charge in [-0.05, 0) is 70.0 Å². The van der Waals surface area contributed by atoms with Crippen LogP contribution in [0.2, 0.25) is 0 Å². The van der Waals surface area contributed by atoms with Crippen LogP contribution < -0.4 is 15.4 Å². The number of aryl methyl sites for hydroxylation is 1. The summed E-state index contributed by atoms with van der Waals surface area (Å²) in [6.07, 6.45) is 4.86. The SMILES string of the molecule is CCNC(=O)Nc1nc2cc(-c3cnc(NS(=O)(=O)C(C)(C)C)nc3)cc(-c3cc(C)ccn3)c2s1. The summed E-state index contributed by atoms with van der Waals surface area (Å²) in [4.78, 5) is 29.6. The second kappa shape index (κ2) is 9.78. The molecule has 3 N–H and O–H groups in total. The average molecular weight is 526 g/mol. The molecule has 0 bridgehead atoms. The van der Waals surface area contributed by atoms with E-state index in [1.165, 1.54) is 11.3 Å². The number of carbonyl (C=O) groups is 1. The van der Waals surface area contributed by atoms with Crippen LogP contribution in [0.15, 0.2) is 42.9 Å². The summed E-state index contributed by atoms with van der Waals surface area (Å²) in [7, 11) is -3.65. The van der Waals surface area contributed by atoms with E-state index < -0.39 is 14.8 Å². The highest BCUT2D eigenvalue weighted by Gasteiger charge is 2.29. The molecular formula is C24H27N7O3S2. The number of thiazole rings is 1. The quantitative estimate of drug-likeness (QED) is 0.328. The zero-order valence-electron chi connectivity index (χ0n) is 20.6. The van der Waals surface area contributed by atoms with Crippen LogP contribution in [0.4, 0.5) is 15.9 Å². The maximum atomic E-state index is 12.4. The van der Waals surface area contributed by atoms with Crippen molar-refractivity contribution in [3.05, 3.63) is 48.4 Å². The highest BCUT2D eigenvalue weighted by molar-refractivity contribution is 7.94. The molecule has 3 aromatic heterocycles. The molecule has 10 nitrogen and oxygen atoms in total. The summed E-state index contributed by atoms with van der Waals surface area (Å²) in [5.41, 5.74) is 4.81. The summed E-state index contributed by atoms with van der Waals surface area (Å²) in [6.45, 7) is 9.13. The molecule has 0 aliphatic heterocycles. The van der Waals surface area contributed by atoms with Crippen molar-refractivity contribution in [3.8, 4) is 22.4 Å². The normalized spacial score (nSPS) is 11.9. The minimum Gasteiger partial charge on any atom is -0.338 e. The minimum absolute atomic E-state index is 0.00240. The molecule has 0 aliphatic carbocycles. The highest BCUT2D eigenvalue weighted by atomic mass is 32.2. The number of carbonyl (C=O) groups excluding carboxylic acids is 1. The van der Waals surface area contributed by atoms with E-state index in [2.05, 4.69) is 35.3 Å². The van der Waals surface area contributed by atoms with Gasteiger partial charge in [-0.25, -0.2) is 28.2 Å². The molecule has 1 aromatic carbocycles. The number of sulfonamides is 1. The van der Waals surface area contributed by atoms with E-state index in [9.17, 15) is 13.2 Å². The Morgan fingerprint density at radius 1 is 1.06 bits per heavy atom. The second-order valence-corrected chi connectivity index (χ2v) is 12.5. The van der Waals surface area contributed by atoms with Crippen LogP contribution in [0.3, 0.4) is 0 Å². The molecule has 36 heavy (non-hydrogen) atoms. The van der Waals surface area contributed by atoms with Gasteiger partial charge in [0.1, 0.15) is 0 Å². The number of aromatic nitrogens is 4. The molecule has 188 valence electrons. The van der Waals surface area contributed by atoms with Crippen molar-refractivity contribution in [2.75, 3.05) is 16.6 Å². The second-order valence-electron chi connectivity index (χ2n) is 9.11. The van der Waals surface area contributed by atoms with Crippen molar-refractivity contribution in [3.63, 3.8) is 0 Å². The lowest BCUT2D eigenvalue weighted by atomic mass is 10.0. The molecule has 0 saturated carbocycles. The minimum atomic E-state index is -3.65. The van der Waals surface area contributed by atoms with Gasteiger partial charge in [-0.3, -0.25) is 15.0 Å². The molecule has 4 rings (SSSR count). The van der Waals surface area contributed by atoms with Crippen molar-refractivity contribution < 1.29 is 13.2 Å². The van der Waals surface area contributed by atoms with Crippen molar-refractivity contribution in [2.45, 2.75) is 39.4 Å². The van der Waals surface area contributed by atoms with E-state index in [-0.39, 0.29) is 12.0 Å². The van der Waals surface area contributed by atoms with Crippen molar-refractivity contribution >= 4 is 48.7 Å². The lowest BCUT2D eigenvalue weighted by molar-refractivity contribution is 0.252. The number of amides is 2. The Bertz CT molecular complexity index is 1530. The fourth-order valence-electron chi connectivity index (χ4n) is 3.23. The van der Waals surface area contributed by atoms with Crippen molar-refractivity contribution in [2.24, 2.45) is 0 Å². The molecule has 3 heterocycles. The van der Waals surface area contributed by atoms with E-state index in [1.807, 2.05) is 38.1 Å². The molecule has 12 heteroatoms. The molecule has 0 unspecified atom stereocenters.